The predicted molar refractivity (Wildman–Crippen MR) is 134 cm³/mol. The molecular formula is C23H34FN5O2S2. The van der Waals surface area contributed by atoms with Crippen molar-refractivity contribution in [3.63, 3.8) is 0 Å². The Bertz CT molecular complexity index is 1120. The number of likely N-dealkylation sites (tertiary alicyclic amines) is 1. The van der Waals surface area contributed by atoms with E-state index < -0.39 is 21.1 Å². The van der Waals surface area contributed by atoms with Crippen molar-refractivity contribution in [3.05, 3.63) is 38.5 Å². The van der Waals surface area contributed by atoms with Crippen LogP contribution < -0.4 is 21.4 Å². The third-order valence-corrected chi connectivity index (χ3v) is 10.0. The van der Waals surface area contributed by atoms with Gasteiger partial charge >= 0.3 is 0 Å². The molecule has 1 aromatic heterocycles. The summed E-state index contributed by atoms with van der Waals surface area (Å²) in [6.45, 7) is 7.54. The summed E-state index contributed by atoms with van der Waals surface area (Å²) in [5, 5.41) is 3.84. The highest BCUT2D eigenvalue weighted by atomic mass is 32.2. The van der Waals surface area contributed by atoms with Crippen molar-refractivity contribution in [1.82, 2.24) is 20.2 Å². The molecule has 0 amide bonds. The fourth-order valence-corrected chi connectivity index (χ4v) is 7.61. The Hall–Kier alpha value is -1.65. The van der Waals surface area contributed by atoms with E-state index in [2.05, 4.69) is 26.8 Å². The van der Waals surface area contributed by atoms with Crippen molar-refractivity contribution in [2.45, 2.75) is 68.5 Å². The number of aromatic nitrogens is 2. The lowest BCUT2D eigenvalue weighted by atomic mass is 10.1. The first-order chi connectivity index (χ1) is 15.7. The Kier molecular flexibility index (Phi) is 7.65. The van der Waals surface area contributed by atoms with Gasteiger partial charge in [0.15, 0.2) is 0 Å². The molecule has 1 aliphatic carbocycles. The zero-order valence-electron chi connectivity index (χ0n) is 19.2. The molecule has 182 valence electrons. The number of aromatic amines is 1. The Morgan fingerprint density at radius 1 is 1.33 bits per heavy atom. The number of thioether (sulfide) groups is 1. The first-order valence-electron chi connectivity index (χ1n) is 11.7. The molecule has 3 N–H and O–H groups in total. The van der Waals surface area contributed by atoms with E-state index >= 15 is 0 Å². The lowest BCUT2D eigenvalue weighted by Crippen LogP contribution is -2.55. The van der Waals surface area contributed by atoms with E-state index in [-0.39, 0.29) is 10.6 Å². The maximum atomic E-state index is 14.8. The number of allylic oxidation sites excluding steroid dienone is 2. The molecule has 0 radical (unpaired) electrons. The summed E-state index contributed by atoms with van der Waals surface area (Å²) in [6.07, 6.45) is 7.96. The van der Waals surface area contributed by atoms with Crippen LogP contribution >= 0.6 is 11.8 Å². The van der Waals surface area contributed by atoms with Crippen molar-refractivity contribution in [2.75, 3.05) is 24.6 Å². The summed E-state index contributed by atoms with van der Waals surface area (Å²) in [6, 6.07) is 0.682. The van der Waals surface area contributed by atoms with Gasteiger partial charge in [-0.1, -0.05) is 19.4 Å². The molecule has 0 spiro atoms. The Balaban J connectivity index is 1.34. The lowest BCUT2D eigenvalue weighted by molar-refractivity contribution is 0.183. The smallest absolute Gasteiger partial charge is 0.261 e. The van der Waals surface area contributed by atoms with Crippen LogP contribution in [0.15, 0.2) is 16.6 Å². The van der Waals surface area contributed by atoms with E-state index in [1.165, 1.54) is 18.9 Å². The zero-order valence-corrected chi connectivity index (χ0v) is 20.8. The number of rotatable bonds is 7. The van der Waals surface area contributed by atoms with Gasteiger partial charge in [-0.15, -0.1) is 0 Å². The van der Waals surface area contributed by atoms with Gasteiger partial charge in [-0.05, 0) is 51.8 Å². The standard InChI is InChI=1S/C23H34FN5O2S2/c1-15(26-17-5-3-4-6-17)11-20(24)22-16(2)27-21(28-23(22)30)12-32-19-7-9-29(10-8-19)18-13-33(25,31)14-18/h11,17-19,25-26H,2-10,12-14H2,1H3,(H,27,28,30)/b15-11+,22-20-. The summed E-state index contributed by atoms with van der Waals surface area (Å²) in [7, 11) is -2.30. The van der Waals surface area contributed by atoms with E-state index in [9.17, 15) is 13.4 Å². The number of halogens is 1. The SMILES string of the molecule is C=c1nc(CSC2CCN(C3CS(=N)(=O)C3)CC2)[nH]c(=O)/c1=C(F)/C=C(\C)NC1CCCC1. The predicted octanol–water partition coefficient (Wildman–Crippen LogP) is 1.82. The Morgan fingerprint density at radius 2 is 2.00 bits per heavy atom. The molecule has 0 aromatic carbocycles. The summed E-state index contributed by atoms with van der Waals surface area (Å²) < 4.78 is 34.1. The van der Waals surface area contributed by atoms with Crippen molar-refractivity contribution < 1.29 is 8.60 Å². The minimum atomic E-state index is -2.30. The maximum Gasteiger partial charge on any atom is 0.261 e. The molecule has 2 aliphatic heterocycles. The number of nitrogens with one attached hydrogen (secondary N) is 3. The normalized spacial score (nSPS) is 28.5. The average molecular weight is 496 g/mol. The molecule has 7 nitrogen and oxygen atoms in total. The van der Waals surface area contributed by atoms with Crippen LogP contribution in [0.2, 0.25) is 0 Å². The van der Waals surface area contributed by atoms with Crippen molar-refractivity contribution >= 4 is 33.9 Å². The number of nitrogens with zero attached hydrogens (tertiary/aromatic N) is 2. The van der Waals surface area contributed by atoms with Crippen molar-refractivity contribution in [1.29, 1.82) is 4.78 Å². The van der Waals surface area contributed by atoms with E-state index in [0.29, 0.717) is 46.1 Å². The van der Waals surface area contributed by atoms with E-state index in [1.54, 1.807) is 11.8 Å². The molecule has 0 unspecified atom stereocenters. The largest absolute Gasteiger partial charge is 0.386 e. The second kappa shape index (κ2) is 10.3. The minimum absolute atomic E-state index is 0.101. The molecule has 3 heterocycles. The summed E-state index contributed by atoms with van der Waals surface area (Å²) >= 11 is 1.75. The zero-order chi connectivity index (χ0) is 23.6. The van der Waals surface area contributed by atoms with E-state index in [4.69, 9.17) is 4.78 Å². The molecular weight excluding hydrogens is 461 g/mol. The first-order valence-corrected chi connectivity index (χ1v) is 14.7. The van der Waals surface area contributed by atoms with Crippen molar-refractivity contribution in [2.24, 2.45) is 0 Å². The van der Waals surface area contributed by atoms with Gasteiger partial charge in [0.1, 0.15) is 16.9 Å². The molecule has 3 aliphatic rings. The van der Waals surface area contributed by atoms with Gasteiger partial charge in [-0.3, -0.25) is 14.5 Å². The Labute approximate surface area is 199 Å². The number of hydrogen-bond donors (Lipinski definition) is 3. The first kappa shape index (κ1) is 24.5. The van der Waals surface area contributed by atoms with Crippen LogP contribution in [0, 0.1) is 4.78 Å². The molecule has 3 fully saturated rings. The van der Waals surface area contributed by atoms with Gasteiger partial charge in [0, 0.05) is 44.3 Å². The van der Waals surface area contributed by atoms with Gasteiger partial charge in [-0.2, -0.15) is 11.8 Å². The number of hydrogen-bond acceptors (Lipinski definition) is 7. The van der Waals surface area contributed by atoms with Crippen LogP contribution in [-0.4, -0.2) is 61.0 Å². The number of H-pyrrole nitrogens is 1. The van der Waals surface area contributed by atoms with Crippen molar-refractivity contribution in [3.8, 4) is 0 Å². The second-order valence-electron chi connectivity index (χ2n) is 9.48. The van der Waals surface area contributed by atoms with Crippen LogP contribution in [-0.2, 0) is 15.5 Å². The fourth-order valence-electron chi connectivity index (χ4n) is 4.97. The highest BCUT2D eigenvalue weighted by Gasteiger charge is 2.36. The van der Waals surface area contributed by atoms with E-state index in [1.807, 2.05) is 6.92 Å². The fraction of sp³-hybridized carbons (Fsp3) is 0.652. The van der Waals surface area contributed by atoms with Crippen LogP contribution in [0.4, 0.5) is 4.39 Å². The minimum Gasteiger partial charge on any atom is -0.386 e. The van der Waals surface area contributed by atoms with Crippen LogP contribution in [0.1, 0.15) is 51.3 Å². The van der Waals surface area contributed by atoms with Gasteiger partial charge < -0.3 is 10.3 Å². The molecule has 0 bridgehead atoms. The molecule has 1 saturated carbocycles. The molecule has 0 atom stereocenters. The van der Waals surface area contributed by atoms with Crippen LogP contribution in [0.25, 0.3) is 12.4 Å². The molecule has 1 aromatic rings. The average Bonchev–Trinajstić information content (AvgIpc) is 3.23. The third-order valence-electron chi connectivity index (χ3n) is 6.78. The summed E-state index contributed by atoms with van der Waals surface area (Å²) in [4.78, 5) is 22.1. The molecule has 4 rings (SSSR count). The summed E-state index contributed by atoms with van der Waals surface area (Å²) in [5.41, 5.74) is 0.211. The van der Waals surface area contributed by atoms with Crippen LogP contribution in [0.5, 0.6) is 0 Å². The number of piperidine rings is 1. The third kappa shape index (κ3) is 6.27. The quantitative estimate of drug-likeness (QED) is 0.533. The monoisotopic (exact) mass is 495 g/mol. The van der Waals surface area contributed by atoms with Gasteiger partial charge in [0.25, 0.3) is 5.56 Å². The van der Waals surface area contributed by atoms with E-state index in [0.717, 1.165) is 38.8 Å². The topological polar surface area (TPSA) is 102 Å². The second-order valence-corrected chi connectivity index (χ2v) is 13.1. The van der Waals surface area contributed by atoms with Crippen LogP contribution in [0.3, 0.4) is 0 Å². The highest BCUT2D eigenvalue weighted by Crippen LogP contribution is 2.28. The Morgan fingerprint density at radius 3 is 2.61 bits per heavy atom. The van der Waals surface area contributed by atoms with Gasteiger partial charge in [0.05, 0.1) is 11.1 Å². The molecule has 2 saturated heterocycles. The lowest BCUT2D eigenvalue weighted by Gasteiger charge is -2.42. The van der Waals surface area contributed by atoms with Gasteiger partial charge in [-0.25, -0.2) is 13.6 Å². The molecule has 10 heteroatoms. The summed E-state index contributed by atoms with van der Waals surface area (Å²) in [5.74, 6) is 1.47. The highest BCUT2D eigenvalue weighted by molar-refractivity contribution is 7.99. The molecule has 33 heavy (non-hydrogen) atoms. The maximum absolute atomic E-state index is 14.8. The van der Waals surface area contributed by atoms with Gasteiger partial charge in [0.2, 0.25) is 0 Å².